The van der Waals surface area contributed by atoms with Gasteiger partial charge in [-0.15, -0.1) is 6.42 Å². The van der Waals surface area contributed by atoms with Gasteiger partial charge in [0, 0.05) is 27.9 Å². The minimum atomic E-state index is -4.48. The van der Waals surface area contributed by atoms with Gasteiger partial charge in [0.25, 0.3) is 0 Å². The summed E-state index contributed by atoms with van der Waals surface area (Å²) in [6.07, 6.45) is 7.86. The number of allylic oxidation sites excluding steroid dienone is 3. The first-order valence-electron chi connectivity index (χ1n) is 6.60. The SMILES string of the molecule is C#C/C(=C\C(Cl)=C/CC1(N)CC1)c1ccc(C(F)(F)F)nc1. The largest absolute Gasteiger partial charge is 0.433 e. The molecule has 116 valence electrons. The van der Waals surface area contributed by atoms with Crippen molar-refractivity contribution in [3.05, 3.63) is 46.8 Å². The standard InChI is InChI=1S/C16H14ClF3N2/c1-2-11(9-13(17)5-6-15(21)7-8-15)12-3-4-14(22-10-12)16(18,19)20/h1,3-5,9-10H,6-8,21H2/b11-9+,13-5+. The van der Waals surface area contributed by atoms with Crippen LogP contribution in [0.4, 0.5) is 13.2 Å². The van der Waals surface area contributed by atoms with Gasteiger partial charge in [-0.05, 0) is 31.4 Å². The van der Waals surface area contributed by atoms with Crippen LogP contribution in [0.2, 0.25) is 0 Å². The van der Waals surface area contributed by atoms with Crippen LogP contribution >= 0.6 is 11.6 Å². The van der Waals surface area contributed by atoms with E-state index in [-0.39, 0.29) is 5.54 Å². The number of rotatable bonds is 4. The van der Waals surface area contributed by atoms with Crippen LogP contribution in [0.5, 0.6) is 0 Å². The maximum absolute atomic E-state index is 12.5. The highest BCUT2D eigenvalue weighted by atomic mass is 35.5. The summed E-state index contributed by atoms with van der Waals surface area (Å²) in [7, 11) is 0. The van der Waals surface area contributed by atoms with E-state index in [0.29, 0.717) is 22.6 Å². The van der Waals surface area contributed by atoms with Crippen molar-refractivity contribution in [1.29, 1.82) is 0 Å². The summed E-state index contributed by atoms with van der Waals surface area (Å²) in [4.78, 5) is 3.38. The highest BCUT2D eigenvalue weighted by molar-refractivity contribution is 6.31. The Hall–Kier alpha value is -1.77. The van der Waals surface area contributed by atoms with Gasteiger partial charge in [-0.25, -0.2) is 0 Å². The fraction of sp³-hybridized carbons (Fsp3) is 0.312. The van der Waals surface area contributed by atoms with E-state index in [1.165, 1.54) is 12.1 Å². The molecule has 1 fully saturated rings. The van der Waals surface area contributed by atoms with Gasteiger partial charge in [0.15, 0.2) is 0 Å². The van der Waals surface area contributed by atoms with E-state index in [2.05, 4.69) is 10.9 Å². The minimum absolute atomic E-state index is 0.166. The molecule has 1 aromatic heterocycles. The van der Waals surface area contributed by atoms with E-state index in [1.54, 1.807) is 6.08 Å². The Morgan fingerprint density at radius 2 is 2.14 bits per heavy atom. The van der Waals surface area contributed by atoms with Crippen molar-refractivity contribution in [2.45, 2.75) is 31.0 Å². The molecule has 1 aromatic rings. The zero-order valence-corrected chi connectivity index (χ0v) is 12.4. The molecular weight excluding hydrogens is 313 g/mol. The molecule has 2 rings (SSSR count). The third-order valence-electron chi connectivity index (χ3n) is 3.40. The van der Waals surface area contributed by atoms with E-state index in [9.17, 15) is 13.2 Å². The van der Waals surface area contributed by atoms with Gasteiger partial charge in [-0.2, -0.15) is 13.2 Å². The van der Waals surface area contributed by atoms with Crippen LogP contribution in [0.15, 0.2) is 35.5 Å². The van der Waals surface area contributed by atoms with Gasteiger partial charge in [-0.3, -0.25) is 4.98 Å². The van der Waals surface area contributed by atoms with Gasteiger partial charge >= 0.3 is 6.18 Å². The molecular formula is C16H14ClF3N2. The molecule has 0 aromatic carbocycles. The number of alkyl halides is 3. The Labute approximate surface area is 131 Å². The third kappa shape index (κ3) is 4.36. The van der Waals surface area contributed by atoms with Crippen LogP contribution < -0.4 is 5.73 Å². The lowest BCUT2D eigenvalue weighted by Gasteiger charge is -2.07. The minimum Gasteiger partial charge on any atom is -0.325 e. The van der Waals surface area contributed by atoms with Crippen molar-refractivity contribution >= 4 is 17.2 Å². The van der Waals surface area contributed by atoms with Crippen molar-refractivity contribution in [2.24, 2.45) is 5.73 Å². The Morgan fingerprint density at radius 3 is 2.59 bits per heavy atom. The summed E-state index contributed by atoms with van der Waals surface area (Å²) in [6, 6.07) is 2.16. The summed E-state index contributed by atoms with van der Waals surface area (Å²) in [5.41, 5.74) is 5.58. The van der Waals surface area contributed by atoms with E-state index >= 15 is 0 Å². The Morgan fingerprint density at radius 1 is 1.45 bits per heavy atom. The Balaban J connectivity index is 2.17. The smallest absolute Gasteiger partial charge is 0.325 e. The summed E-state index contributed by atoms with van der Waals surface area (Å²) in [5.74, 6) is 2.40. The predicted molar refractivity (Wildman–Crippen MR) is 80.8 cm³/mol. The van der Waals surface area contributed by atoms with Crippen molar-refractivity contribution in [2.75, 3.05) is 0 Å². The molecule has 1 aliphatic rings. The quantitative estimate of drug-likeness (QED) is 0.667. The molecule has 2 nitrogen and oxygen atoms in total. The zero-order valence-electron chi connectivity index (χ0n) is 11.6. The Kier molecular flexibility index (Phi) is 4.64. The highest BCUT2D eigenvalue weighted by Crippen LogP contribution is 2.36. The summed E-state index contributed by atoms with van der Waals surface area (Å²) < 4.78 is 37.4. The second-order valence-corrected chi connectivity index (χ2v) is 5.72. The number of nitrogens with zero attached hydrogens (tertiary/aromatic N) is 1. The molecule has 0 unspecified atom stereocenters. The number of hydrogen-bond acceptors (Lipinski definition) is 2. The molecule has 0 radical (unpaired) electrons. The van der Waals surface area contributed by atoms with Crippen LogP contribution in [0.3, 0.4) is 0 Å². The molecule has 0 atom stereocenters. The first-order valence-corrected chi connectivity index (χ1v) is 6.98. The van der Waals surface area contributed by atoms with Gasteiger partial charge < -0.3 is 5.73 Å². The second kappa shape index (κ2) is 6.15. The van der Waals surface area contributed by atoms with Crippen LogP contribution in [-0.4, -0.2) is 10.5 Å². The van der Waals surface area contributed by atoms with Crippen LogP contribution in [0, 0.1) is 12.3 Å². The van der Waals surface area contributed by atoms with E-state index in [1.807, 2.05) is 0 Å². The molecule has 0 bridgehead atoms. The van der Waals surface area contributed by atoms with Gasteiger partial charge in [-0.1, -0.05) is 29.7 Å². The van der Waals surface area contributed by atoms with Crippen molar-refractivity contribution in [1.82, 2.24) is 4.98 Å². The third-order valence-corrected chi connectivity index (χ3v) is 3.66. The first-order chi connectivity index (χ1) is 10.2. The number of nitrogens with two attached hydrogens (primary N) is 1. The second-order valence-electron chi connectivity index (χ2n) is 5.29. The lowest BCUT2D eigenvalue weighted by Crippen LogP contribution is -2.19. The summed E-state index contributed by atoms with van der Waals surface area (Å²) >= 11 is 6.08. The van der Waals surface area contributed by atoms with E-state index in [0.717, 1.165) is 25.1 Å². The molecule has 0 spiro atoms. The highest BCUT2D eigenvalue weighted by Gasteiger charge is 2.36. The van der Waals surface area contributed by atoms with Crippen molar-refractivity contribution in [3.63, 3.8) is 0 Å². The van der Waals surface area contributed by atoms with Gasteiger partial charge in [0.2, 0.25) is 0 Å². The van der Waals surface area contributed by atoms with Gasteiger partial charge in [0.1, 0.15) is 5.69 Å². The zero-order chi connectivity index (χ0) is 16.4. The van der Waals surface area contributed by atoms with Crippen LogP contribution in [0.25, 0.3) is 5.57 Å². The number of hydrogen-bond donors (Lipinski definition) is 1. The normalized spacial score (nSPS) is 18.0. The van der Waals surface area contributed by atoms with Crippen molar-refractivity contribution in [3.8, 4) is 12.3 Å². The average Bonchev–Trinajstić information content (AvgIpc) is 3.20. The molecule has 0 aliphatic heterocycles. The maximum atomic E-state index is 12.5. The lowest BCUT2D eigenvalue weighted by molar-refractivity contribution is -0.141. The Bertz CT molecular complexity index is 647. The fourth-order valence-electron chi connectivity index (χ4n) is 1.79. The van der Waals surface area contributed by atoms with Crippen LogP contribution in [-0.2, 0) is 6.18 Å². The molecule has 1 heterocycles. The number of halogens is 4. The van der Waals surface area contributed by atoms with E-state index < -0.39 is 11.9 Å². The first kappa shape index (κ1) is 16.6. The maximum Gasteiger partial charge on any atom is 0.433 e. The van der Waals surface area contributed by atoms with E-state index in [4.69, 9.17) is 23.8 Å². The molecule has 1 saturated carbocycles. The molecule has 6 heteroatoms. The molecule has 0 saturated heterocycles. The number of terminal acetylenes is 1. The molecule has 2 N–H and O–H groups in total. The number of aromatic nitrogens is 1. The van der Waals surface area contributed by atoms with Crippen LogP contribution in [0.1, 0.15) is 30.5 Å². The molecule has 0 amide bonds. The monoisotopic (exact) mass is 326 g/mol. The topological polar surface area (TPSA) is 38.9 Å². The fourth-order valence-corrected chi connectivity index (χ4v) is 1.98. The van der Waals surface area contributed by atoms with Gasteiger partial charge in [0.05, 0.1) is 0 Å². The predicted octanol–water partition coefficient (Wildman–Crippen LogP) is 4.12. The molecule has 1 aliphatic carbocycles. The lowest BCUT2D eigenvalue weighted by atomic mass is 10.1. The number of pyridine rings is 1. The molecule has 22 heavy (non-hydrogen) atoms. The summed E-state index contributed by atoms with van der Waals surface area (Å²) in [6.45, 7) is 0. The summed E-state index contributed by atoms with van der Waals surface area (Å²) in [5, 5.41) is 0.407. The van der Waals surface area contributed by atoms with Crippen molar-refractivity contribution < 1.29 is 13.2 Å². The average molecular weight is 327 g/mol.